The van der Waals surface area contributed by atoms with Gasteiger partial charge in [-0.25, -0.2) is 9.97 Å². The van der Waals surface area contributed by atoms with Crippen molar-refractivity contribution in [3.8, 4) is 0 Å². The summed E-state index contributed by atoms with van der Waals surface area (Å²) in [6.45, 7) is 2.04. The quantitative estimate of drug-likeness (QED) is 0.307. The molecule has 0 aliphatic carbocycles. The number of amides is 1. The van der Waals surface area contributed by atoms with Gasteiger partial charge in [-0.3, -0.25) is 4.79 Å². The lowest BCUT2D eigenvalue weighted by atomic mass is 10.2. The first kappa shape index (κ1) is 20.6. The molecule has 2 aromatic heterocycles. The highest BCUT2D eigenvalue weighted by Crippen LogP contribution is 2.31. The van der Waals surface area contributed by atoms with Crippen molar-refractivity contribution in [3.63, 3.8) is 0 Å². The van der Waals surface area contributed by atoms with Crippen molar-refractivity contribution < 1.29 is 4.79 Å². The largest absolute Gasteiger partial charge is 0.302 e. The lowest BCUT2D eigenvalue weighted by Crippen LogP contribution is -2.14. The molecular weight excluding hydrogens is 465 g/mol. The number of halogens is 2. The van der Waals surface area contributed by atoms with Gasteiger partial charge in [0.1, 0.15) is 4.34 Å². The van der Waals surface area contributed by atoms with Crippen LogP contribution in [-0.4, -0.2) is 15.9 Å². The molecule has 1 N–H and O–H groups in total. The van der Waals surface area contributed by atoms with E-state index in [1.165, 1.54) is 28.2 Å². The molecule has 0 bridgehead atoms. The lowest BCUT2D eigenvalue weighted by molar-refractivity contribution is -0.115. The van der Waals surface area contributed by atoms with Gasteiger partial charge in [-0.1, -0.05) is 58.4 Å². The molecule has 2 heterocycles. The number of carbonyl (C=O) groups is 1. The number of aromatic nitrogens is 2. The second-order valence-electron chi connectivity index (χ2n) is 6.34. The van der Waals surface area contributed by atoms with Crippen molar-refractivity contribution in [3.05, 3.63) is 68.6 Å². The Hall–Kier alpha value is -1.64. The number of aryl methyl sites for hydroxylation is 1. The smallest absolute Gasteiger partial charge is 0.232 e. The molecule has 0 atom stereocenters. The van der Waals surface area contributed by atoms with Crippen LogP contribution in [0.15, 0.2) is 46.1 Å². The maximum absolute atomic E-state index is 12.4. The number of rotatable bonds is 6. The summed E-state index contributed by atoms with van der Waals surface area (Å²) in [7, 11) is 0. The number of thioether (sulfide) groups is 1. The van der Waals surface area contributed by atoms with Crippen LogP contribution in [-0.2, 0) is 17.0 Å². The fraction of sp³-hybridized carbons (Fsp3) is 0.150. The number of hydrogen-bond acceptors (Lipinski definition) is 6. The Balaban J connectivity index is 1.34. The molecule has 0 spiro atoms. The predicted octanol–water partition coefficient (Wildman–Crippen LogP) is 6.84. The predicted molar refractivity (Wildman–Crippen MR) is 125 cm³/mol. The molecule has 4 rings (SSSR count). The van der Waals surface area contributed by atoms with E-state index in [1.54, 1.807) is 17.8 Å². The first-order valence-electron chi connectivity index (χ1n) is 8.64. The van der Waals surface area contributed by atoms with Crippen LogP contribution in [0.4, 0.5) is 5.13 Å². The van der Waals surface area contributed by atoms with Crippen LogP contribution in [0.5, 0.6) is 0 Å². The van der Waals surface area contributed by atoms with Gasteiger partial charge >= 0.3 is 0 Å². The zero-order valence-corrected chi connectivity index (χ0v) is 19.2. The van der Waals surface area contributed by atoms with Crippen molar-refractivity contribution in [2.45, 2.75) is 23.4 Å². The number of nitrogens with one attached hydrogen (secondary N) is 1. The van der Waals surface area contributed by atoms with Crippen LogP contribution in [0.3, 0.4) is 0 Å². The minimum Gasteiger partial charge on any atom is -0.302 e. The average molecular weight is 480 g/mol. The van der Waals surface area contributed by atoms with Crippen molar-refractivity contribution in [1.29, 1.82) is 0 Å². The maximum Gasteiger partial charge on any atom is 0.232 e. The molecule has 9 heteroatoms. The Bertz CT molecular complexity index is 1190. The van der Waals surface area contributed by atoms with Crippen molar-refractivity contribution in [2.75, 3.05) is 5.32 Å². The van der Waals surface area contributed by atoms with E-state index < -0.39 is 0 Å². The van der Waals surface area contributed by atoms with E-state index in [2.05, 4.69) is 21.4 Å². The van der Waals surface area contributed by atoms with Crippen LogP contribution in [0.1, 0.15) is 16.8 Å². The molecule has 2 aromatic carbocycles. The second kappa shape index (κ2) is 9.02. The topological polar surface area (TPSA) is 54.9 Å². The summed E-state index contributed by atoms with van der Waals surface area (Å²) in [6.07, 6.45) is 0.216. The van der Waals surface area contributed by atoms with Gasteiger partial charge in [0.2, 0.25) is 5.91 Å². The molecule has 0 radical (unpaired) electrons. The molecule has 4 aromatic rings. The number of benzene rings is 2. The minimum absolute atomic E-state index is 0.122. The summed E-state index contributed by atoms with van der Waals surface area (Å²) < 4.78 is 1.96. The monoisotopic (exact) mass is 479 g/mol. The highest BCUT2D eigenvalue weighted by molar-refractivity contribution is 8.00. The van der Waals surface area contributed by atoms with Gasteiger partial charge < -0.3 is 5.32 Å². The number of anilines is 1. The van der Waals surface area contributed by atoms with Crippen molar-refractivity contribution in [2.24, 2.45) is 0 Å². The first-order valence-corrected chi connectivity index (χ1v) is 12.1. The molecule has 0 aliphatic heterocycles. The Morgan fingerprint density at radius 2 is 2.03 bits per heavy atom. The SMILES string of the molecule is Cc1ccc2nc(NC(=O)Cc3csc(SCc4ccc(Cl)cc4Cl)n3)sc2c1. The highest BCUT2D eigenvalue weighted by Gasteiger charge is 2.12. The van der Waals surface area contributed by atoms with Gasteiger partial charge in [-0.15, -0.1) is 11.3 Å². The molecule has 0 saturated heterocycles. The van der Waals surface area contributed by atoms with Crippen LogP contribution < -0.4 is 5.32 Å². The van der Waals surface area contributed by atoms with Gasteiger partial charge in [-0.2, -0.15) is 0 Å². The molecule has 29 heavy (non-hydrogen) atoms. The van der Waals surface area contributed by atoms with Gasteiger partial charge in [-0.05, 0) is 42.3 Å². The van der Waals surface area contributed by atoms with E-state index in [9.17, 15) is 4.79 Å². The number of carbonyl (C=O) groups excluding carboxylic acids is 1. The molecule has 148 valence electrons. The second-order valence-corrected chi connectivity index (χ2v) is 10.3. The van der Waals surface area contributed by atoms with Crippen molar-refractivity contribution >= 4 is 78.9 Å². The fourth-order valence-electron chi connectivity index (χ4n) is 2.63. The fourth-order valence-corrected chi connectivity index (χ4v) is 6.01. The Morgan fingerprint density at radius 3 is 2.86 bits per heavy atom. The van der Waals surface area contributed by atoms with E-state index >= 15 is 0 Å². The summed E-state index contributed by atoms with van der Waals surface area (Å²) in [5.41, 5.74) is 3.81. The molecular formula is C20H15Cl2N3OS3. The van der Waals surface area contributed by atoms with Gasteiger partial charge in [0.15, 0.2) is 5.13 Å². The molecule has 1 amide bonds. The van der Waals surface area contributed by atoms with E-state index in [-0.39, 0.29) is 12.3 Å². The number of fused-ring (bicyclic) bond motifs is 1. The maximum atomic E-state index is 12.4. The van der Waals surface area contributed by atoms with Gasteiger partial charge in [0.05, 0.1) is 22.3 Å². The minimum atomic E-state index is -0.122. The third-order valence-corrected chi connectivity index (χ3v) is 7.67. The van der Waals surface area contributed by atoms with Gasteiger partial charge in [0.25, 0.3) is 0 Å². The standard InChI is InChI=1S/C20H15Cl2N3OS3/c1-11-2-5-16-17(6-11)29-19(24-16)25-18(26)8-14-10-28-20(23-14)27-9-12-3-4-13(21)7-15(12)22/h2-7,10H,8-9H2,1H3,(H,24,25,26). The summed E-state index contributed by atoms with van der Waals surface area (Å²) in [5, 5.41) is 6.66. The van der Waals surface area contributed by atoms with Crippen LogP contribution in [0, 0.1) is 6.92 Å². The first-order chi connectivity index (χ1) is 14.0. The summed E-state index contributed by atoms with van der Waals surface area (Å²) >= 11 is 16.7. The summed E-state index contributed by atoms with van der Waals surface area (Å²) in [4.78, 5) is 21.4. The molecule has 0 fully saturated rings. The molecule has 0 saturated carbocycles. The van der Waals surface area contributed by atoms with Crippen LogP contribution in [0.2, 0.25) is 10.0 Å². The highest BCUT2D eigenvalue weighted by atomic mass is 35.5. The Labute approximate surface area is 190 Å². The Morgan fingerprint density at radius 1 is 1.17 bits per heavy atom. The molecule has 0 aliphatic rings. The van der Waals surface area contributed by atoms with Gasteiger partial charge in [0, 0.05) is 21.2 Å². The third-order valence-electron chi connectivity index (χ3n) is 4.03. The summed E-state index contributed by atoms with van der Waals surface area (Å²) in [6, 6.07) is 11.5. The van der Waals surface area contributed by atoms with Crippen molar-refractivity contribution in [1.82, 2.24) is 9.97 Å². The van der Waals surface area contributed by atoms with E-state index in [1.807, 2.05) is 36.6 Å². The Kier molecular flexibility index (Phi) is 6.41. The van der Waals surface area contributed by atoms with E-state index in [0.29, 0.717) is 20.9 Å². The zero-order valence-electron chi connectivity index (χ0n) is 15.2. The normalized spacial score (nSPS) is 11.1. The number of nitrogens with zero attached hydrogens (tertiary/aromatic N) is 2. The van der Waals surface area contributed by atoms with Crippen LogP contribution in [0.25, 0.3) is 10.2 Å². The van der Waals surface area contributed by atoms with Crippen LogP contribution >= 0.6 is 57.6 Å². The average Bonchev–Trinajstić information content (AvgIpc) is 3.26. The zero-order chi connectivity index (χ0) is 20.4. The molecule has 0 unspecified atom stereocenters. The lowest BCUT2D eigenvalue weighted by Gasteiger charge is -2.02. The summed E-state index contributed by atoms with van der Waals surface area (Å²) in [5.74, 6) is 0.573. The third kappa shape index (κ3) is 5.29. The van der Waals surface area contributed by atoms with E-state index in [0.717, 1.165) is 25.8 Å². The number of hydrogen-bond donors (Lipinski definition) is 1. The van der Waals surface area contributed by atoms with E-state index in [4.69, 9.17) is 23.2 Å². The number of thiazole rings is 2. The molecule has 4 nitrogen and oxygen atoms in total.